The Kier molecular flexibility index (Phi) is 3.76. The molecule has 0 bridgehead atoms. The zero-order chi connectivity index (χ0) is 14.0. The Bertz CT molecular complexity index is 494. The molecule has 1 spiro atoms. The lowest BCUT2D eigenvalue weighted by Gasteiger charge is -2.34. The Balaban J connectivity index is 1.64. The largest absolute Gasteiger partial charge is 0.366 e. The van der Waals surface area contributed by atoms with Gasteiger partial charge < -0.3 is 11.1 Å². The van der Waals surface area contributed by atoms with Gasteiger partial charge >= 0.3 is 0 Å². The second-order valence-corrected chi connectivity index (χ2v) is 6.28. The molecule has 4 heteroatoms. The molecule has 2 aliphatic heterocycles. The van der Waals surface area contributed by atoms with E-state index in [9.17, 15) is 4.79 Å². The van der Waals surface area contributed by atoms with Crippen molar-refractivity contribution in [2.75, 3.05) is 26.2 Å². The number of hydrogen-bond donors (Lipinski definition) is 2. The molecule has 0 radical (unpaired) electrons. The normalized spacial score (nSPS) is 22.2. The van der Waals surface area contributed by atoms with Crippen LogP contribution in [0.2, 0.25) is 0 Å². The monoisotopic (exact) mass is 273 g/mol. The molecule has 4 nitrogen and oxygen atoms in total. The third-order valence-electron chi connectivity index (χ3n) is 4.80. The fourth-order valence-corrected chi connectivity index (χ4v) is 3.61. The molecule has 0 unspecified atom stereocenters. The molecule has 1 aromatic carbocycles. The first-order valence-corrected chi connectivity index (χ1v) is 7.49. The van der Waals surface area contributed by atoms with Crippen LogP contribution < -0.4 is 11.1 Å². The summed E-state index contributed by atoms with van der Waals surface area (Å²) in [5.41, 5.74) is 7.67. The lowest BCUT2D eigenvalue weighted by atomic mass is 9.78. The van der Waals surface area contributed by atoms with Crippen molar-refractivity contribution in [1.82, 2.24) is 10.2 Å². The van der Waals surface area contributed by atoms with Gasteiger partial charge in [-0.15, -0.1) is 0 Å². The highest BCUT2D eigenvalue weighted by Crippen LogP contribution is 2.38. The molecule has 1 aromatic rings. The first kappa shape index (κ1) is 13.6. The van der Waals surface area contributed by atoms with Crippen molar-refractivity contribution >= 4 is 5.91 Å². The predicted octanol–water partition coefficient (Wildman–Crippen LogP) is 1.36. The second-order valence-electron chi connectivity index (χ2n) is 6.28. The van der Waals surface area contributed by atoms with Crippen LogP contribution in [-0.4, -0.2) is 37.0 Å². The van der Waals surface area contributed by atoms with Crippen molar-refractivity contribution in [3.05, 3.63) is 35.4 Å². The van der Waals surface area contributed by atoms with Gasteiger partial charge in [0, 0.05) is 18.7 Å². The van der Waals surface area contributed by atoms with Gasteiger partial charge in [0.25, 0.3) is 0 Å². The number of hydrogen-bond acceptors (Lipinski definition) is 3. The summed E-state index contributed by atoms with van der Waals surface area (Å²) >= 11 is 0. The molecule has 0 atom stereocenters. The van der Waals surface area contributed by atoms with Crippen molar-refractivity contribution in [3.8, 4) is 0 Å². The molecule has 2 heterocycles. The number of nitrogens with zero attached hydrogens (tertiary/aromatic N) is 1. The number of nitrogens with one attached hydrogen (secondary N) is 1. The van der Waals surface area contributed by atoms with Crippen LogP contribution in [0.1, 0.15) is 35.2 Å². The van der Waals surface area contributed by atoms with E-state index < -0.39 is 0 Å². The van der Waals surface area contributed by atoms with E-state index in [2.05, 4.69) is 16.3 Å². The third kappa shape index (κ3) is 2.86. The minimum absolute atomic E-state index is 0.344. The van der Waals surface area contributed by atoms with Crippen LogP contribution in [0, 0.1) is 5.41 Å². The van der Waals surface area contributed by atoms with Gasteiger partial charge in [-0.05, 0) is 62.0 Å². The van der Waals surface area contributed by atoms with Gasteiger partial charge in [-0.25, -0.2) is 0 Å². The van der Waals surface area contributed by atoms with Crippen molar-refractivity contribution in [2.45, 2.75) is 25.8 Å². The van der Waals surface area contributed by atoms with E-state index in [0.717, 1.165) is 19.6 Å². The number of carbonyl (C=O) groups excluding carboxylic acids is 1. The van der Waals surface area contributed by atoms with E-state index in [1.165, 1.54) is 37.9 Å². The molecule has 0 saturated carbocycles. The number of carbonyl (C=O) groups is 1. The molecule has 0 aromatic heterocycles. The highest BCUT2D eigenvalue weighted by molar-refractivity contribution is 5.92. The van der Waals surface area contributed by atoms with Crippen LogP contribution >= 0.6 is 0 Å². The molecule has 0 aliphatic carbocycles. The Hall–Kier alpha value is -1.39. The molecular formula is C16H23N3O. The number of nitrogens with two attached hydrogens (primary N) is 1. The molecule has 2 fully saturated rings. The van der Waals surface area contributed by atoms with Crippen LogP contribution in [0.15, 0.2) is 24.3 Å². The van der Waals surface area contributed by atoms with Crippen molar-refractivity contribution in [3.63, 3.8) is 0 Å². The maximum absolute atomic E-state index is 11.2. The van der Waals surface area contributed by atoms with E-state index in [1.807, 2.05) is 12.1 Å². The fourth-order valence-electron chi connectivity index (χ4n) is 3.61. The number of amides is 1. The lowest BCUT2D eigenvalue weighted by Crippen LogP contribution is -2.38. The van der Waals surface area contributed by atoms with Gasteiger partial charge in [0.15, 0.2) is 0 Å². The van der Waals surface area contributed by atoms with Gasteiger partial charge in [0.1, 0.15) is 0 Å². The molecule has 2 saturated heterocycles. The number of benzene rings is 1. The highest BCUT2D eigenvalue weighted by Gasteiger charge is 2.38. The topological polar surface area (TPSA) is 58.4 Å². The molecule has 1 amide bonds. The quantitative estimate of drug-likeness (QED) is 0.874. The minimum Gasteiger partial charge on any atom is -0.366 e. The van der Waals surface area contributed by atoms with Crippen LogP contribution in [0.3, 0.4) is 0 Å². The summed E-state index contributed by atoms with van der Waals surface area (Å²) in [6, 6.07) is 7.71. The van der Waals surface area contributed by atoms with Crippen molar-refractivity contribution in [2.24, 2.45) is 11.1 Å². The fraction of sp³-hybridized carbons (Fsp3) is 0.562. The molecule has 3 rings (SSSR count). The van der Waals surface area contributed by atoms with E-state index in [-0.39, 0.29) is 5.91 Å². The summed E-state index contributed by atoms with van der Waals surface area (Å²) in [6.45, 7) is 5.60. The Labute approximate surface area is 120 Å². The first-order valence-electron chi connectivity index (χ1n) is 7.49. The number of likely N-dealkylation sites (tertiary alicyclic amines) is 1. The summed E-state index contributed by atoms with van der Waals surface area (Å²) < 4.78 is 0. The summed E-state index contributed by atoms with van der Waals surface area (Å²) in [5, 5.41) is 3.45. The average Bonchev–Trinajstić information content (AvgIpc) is 2.82. The maximum atomic E-state index is 11.2. The molecule has 2 aliphatic rings. The van der Waals surface area contributed by atoms with Crippen LogP contribution in [-0.2, 0) is 6.54 Å². The maximum Gasteiger partial charge on any atom is 0.248 e. The summed E-state index contributed by atoms with van der Waals surface area (Å²) in [5.74, 6) is -0.344. The molecular weight excluding hydrogens is 250 g/mol. The standard InChI is InChI=1S/C16H23N3O/c17-15(20)14-3-1-2-13(10-14)11-19-9-6-16(12-19)4-7-18-8-5-16/h1-3,10,18H,4-9,11-12H2,(H2,17,20). The molecule has 108 valence electrons. The number of primary amides is 1. The first-order chi connectivity index (χ1) is 9.67. The van der Waals surface area contributed by atoms with Crippen LogP contribution in [0.4, 0.5) is 0 Å². The van der Waals surface area contributed by atoms with Gasteiger partial charge in [-0.3, -0.25) is 9.69 Å². The van der Waals surface area contributed by atoms with Gasteiger partial charge in [-0.2, -0.15) is 0 Å². The number of piperidine rings is 1. The van der Waals surface area contributed by atoms with E-state index in [4.69, 9.17) is 5.73 Å². The second kappa shape index (κ2) is 5.54. The van der Waals surface area contributed by atoms with Crippen molar-refractivity contribution < 1.29 is 4.79 Å². The molecule has 20 heavy (non-hydrogen) atoms. The lowest BCUT2D eigenvalue weighted by molar-refractivity contribution is 0.1000. The average molecular weight is 273 g/mol. The smallest absolute Gasteiger partial charge is 0.248 e. The third-order valence-corrected chi connectivity index (χ3v) is 4.80. The minimum atomic E-state index is -0.344. The predicted molar refractivity (Wildman–Crippen MR) is 79.4 cm³/mol. The highest BCUT2D eigenvalue weighted by atomic mass is 16.1. The molecule has 3 N–H and O–H groups in total. The Morgan fingerprint density at radius 1 is 1.30 bits per heavy atom. The van der Waals surface area contributed by atoms with Gasteiger partial charge in [0.2, 0.25) is 5.91 Å². The van der Waals surface area contributed by atoms with E-state index in [0.29, 0.717) is 11.0 Å². The SMILES string of the molecule is NC(=O)c1cccc(CN2CCC3(CCNCC3)C2)c1. The van der Waals surface area contributed by atoms with Gasteiger partial charge in [0.05, 0.1) is 0 Å². The van der Waals surface area contributed by atoms with Crippen LogP contribution in [0.25, 0.3) is 0 Å². The summed E-state index contributed by atoms with van der Waals surface area (Å²) in [6.07, 6.45) is 3.90. The Morgan fingerprint density at radius 3 is 2.85 bits per heavy atom. The summed E-state index contributed by atoms with van der Waals surface area (Å²) in [4.78, 5) is 13.8. The zero-order valence-corrected chi connectivity index (χ0v) is 11.9. The van der Waals surface area contributed by atoms with E-state index >= 15 is 0 Å². The van der Waals surface area contributed by atoms with E-state index in [1.54, 1.807) is 6.07 Å². The van der Waals surface area contributed by atoms with Crippen LogP contribution in [0.5, 0.6) is 0 Å². The van der Waals surface area contributed by atoms with Crippen molar-refractivity contribution in [1.29, 1.82) is 0 Å². The number of rotatable bonds is 3. The Morgan fingerprint density at radius 2 is 2.10 bits per heavy atom. The zero-order valence-electron chi connectivity index (χ0n) is 11.9. The van der Waals surface area contributed by atoms with Gasteiger partial charge in [-0.1, -0.05) is 12.1 Å². The summed E-state index contributed by atoms with van der Waals surface area (Å²) in [7, 11) is 0.